The second-order valence-corrected chi connectivity index (χ2v) is 5.40. The van der Waals surface area contributed by atoms with E-state index in [9.17, 15) is 4.79 Å². The average Bonchev–Trinajstić information content (AvgIpc) is 2.99. The van der Waals surface area contributed by atoms with E-state index in [1.54, 1.807) is 13.0 Å². The summed E-state index contributed by atoms with van der Waals surface area (Å²) in [5.74, 6) is 1.85. The number of methoxy groups -OCH3 is 1. The molecule has 3 atom stereocenters. The Bertz CT molecular complexity index is 581. The van der Waals surface area contributed by atoms with Crippen molar-refractivity contribution < 1.29 is 18.7 Å². The first-order valence-corrected chi connectivity index (χ1v) is 6.96. The summed E-state index contributed by atoms with van der Waals surface area (Å²) in [6, 6.07) is 5.51. The van der Waals surface area contributed by atoms with Crippen LogP contribution in [0.3, 0.4) is 0 Å². The van der Waals surface area contributed by atoms with Crippen LogP contribution in [0.4, 0.5) is 0 Å². The molecule has 0 N–H and O–H groups in total. The smallest absolute Gasteiger partial charge is 0.349 e. The molecule has 1 fully saturated rings. The van der Waals surface area contributed by atoms with Crippen LogP contribution in [0.25, 0.3) is 6.08 Å². The van der Waals surface area contributed by atoms with Crippen molar-refractivity contribution in [3.05, 3.63) is 29.2 Å². The van der Waals surface area contributed by atoms with E-state index in [1.807, 2.05) is 12.1 Å². The van der Waals surface area contributed by atoms with Crippen molar-refractivity contribution in [1.82, 2.24) is 0 Å². The fraction of sp³-hybridized carbons (Fsp3) is 0.500. The van der Waals surface area contributed by atoms with E-state index in [0.29, 0.717) is 17.6 Å². The van der Waals surface area contributed by atoms with Crippen LogP contribution in [0.15, 0.2) is 22.1 Å². The zero-order valence-electron chi connectivity index (χ0n) is 12.5. The lowest BCUT2D eigenvalue weighted by Crippen LogP contribution is -2.20. The van der Waals surface area contributed by atoms with Crippen molar-refractivity contribution in [1.29, 1.82) is 5.26 Å². The van der Waals surface area contributed by atoms with E-state index >= 15 is 0 Å². The van der Waals surface area contributed by atoms with Gasteiger partial charge in [-0.25, -0.2) is 4.79 Å². The van der Waals surface area contributed by atoms with Crippen LogP contribution in [-0.2, 0) is 14.3 Å². The van der Waals surface area contributed by atoms with Gasteiger partial charge in [-0.1, -0.05) is 6.92 Å². The lowest BCUT2D eigenvalue weighted by atomic mass is 10.2. The van der Waals surface area contributed by atoms with Gasteiger partial charge in [0.25, 0.3) is 0 Å². The van der Waals surface area contributed by atoms with Crippen molar-refractivity contribution in [2.75, 3.05) is 13.7 Å². The maximum atomic E-state index is 11.9. The summed E-state index contributed by atoms with van der Waals surface area (Å²) < 4.78 is 15.6. The first kappa shape index (κ1) is 15.3. The molecular formula is C16H19NO4. The molecule has 0 unspecified atom stereocenters. The third-order valence-electron chi connectivity index (χ3n) is 3.46. The number of furan rings is 1. The number of hydrogen-bond acceptors (Lipinski definition) is 5. The third-order valence-corrected chi connectivity index (χ3v) is 3.46. The Hall–Kier alpha value is -2.06. The molecule has 5 nitrogen and oxygen atoms in total. The highest BCUT2D eigenvalue weighted by Crippen LogP contribution is 2.47. The maximum absolute atomic E-state index is 11.9. The highest BCUT2D eigenvalue weighted by atomic mass is 16.6. The number of rotatable bonds is 6. The van der Waals surface area contributed by atoms with E-state index in [4.69, 9.17) is 19.2 Å². The molecule has 0 spiro atoms. The molecule has 1 aromatic heterocycles. The Morgan fingerprint density at radius 1 is 1.62 bits per heavy atom. The SMILES string of the molecule is COC[C@H](C)OC(=O)/C(C#N)=C/c1ccc([C@H]2C[C@@H]2C)o1. The Kier molecular flexibility index (Phi) is 4.81. The predicted octanol–water partition coefficient (Wildman–Crippen LogP) is 2.89. The summed E-state index contributed by atoms with van der Waals surface area (Å²) in [7, 11) is 1.52. The normalized spacial score (nSPS) is 22.5. The second kappa shape index (κ2) is 6.59. The molecule has 1 heterocycles. The van der Waals surface area contributed by atoms with E-state index in [2.05, 4.69) is 6.92 Å². The summed E-state index contributed by atoms with van der Waals surface area (Å²) in [5.41, 5.74) is -0.0808. The highest BCUT2D eigenvalue weighted by Gasteiger charge is 2.36. The van der Waals surface area contributed by atoms with Crippen molar-refractivity contribution in [2.45, 2.75) is 32.3 Å². The fourth-order valence-corrected chi connectivity index (χ4v) is 2.16. The number of carbonyl (C=O) groups is 1. The lowest BCUT2D eigenvalue weighted by Gasteiger charge is -2.11. The maximum Gasteiger partial charge on any atom is 0.349 e. The molecule has 2 rings (SSSR count). The fourth-order valence-electron chi connectivity index (χ4n) is 2.16. The van der Waals surface area contributed by atoms with E-state index in [0.717, 1.165) is 12.2 Å². The molecule has 1 aromatic rings. The quantitative estimate of drug-likeness (QED) is 0.457. The van der Waals surface area contributed by atoms with Gasteiger partial charge in [0.15, 0.2) is 0 Å². The molecule has 0 aromatic carbocycles. The van der Waals surface area contributed by atoms with Gasteiger partial charge in [-0.15, -0.1) is 0 Å². The summed E-state index contributed by atoms with van der Waals surface area (Å²) in [5, 5.41) is 9.08. The standard InChI is InChI=1S/C16H19NO4/c1-10-6-14(10)15-5-4-13(21-15)7-12(8-17)16(18)20-11(2)9-19-3/h4-5,7,10-11,14H,6,9H2,1-3H3/b12-7+/t10-,11-,14-/m0/s1. The molecule has 0 aliphatic heterocycles. The van der Waals surface area contributed by atoms with Crippen LogP contribution >= 0.6 is 0 Å². The van der Waals surface area contributed by atoms with Crippen molar-refractivity contribution in [2.24, 2.45) is 5.92 Å². The van der Waals surface area contributed by atoms with Crippen LogP contribution < -0.4 is 0 Å². The summed E-state index contributed by atoms with van der Waals surface area (Å²) in [6.45, 7) is 4.16. The zero-order chi connectivity index (χ0) is 15.4. The van der Waals surface area contributed by atoms with Crippen LogP contribution in [0, 0.1) is 17.2 Å². The van der Waals surface area contributed by atoms with Gasteiger partial charge in [0.05, 0.1) is 6.61 Å². The summed E-state index contributed by atoms with van der Waals surface area (Å²) >= 11 is 0. The van der Waals surface area contributed by atoms with Gasteiger partial charge in [-0.3, -0.25) is 0 Å². The van der Waals surface area contributed by atoms with E-state index < -0.39 is 12.1 Å². The number of carbonyl (C=O) groups excluding carboxylic acids is 1. The number of hydrogen-bond donors (Lipinski definition) is 0. The minimum atomic E-state index is -0.667. The minimum absolute atomic E-state index is 0.0808. The van der Waals surface area contributed by atoms with E-state index in [1.165, 1.54) is 13.2 Å². The number of nitriles is 1. The van der Waals surface area contributed by atoms with E-state index in [-0.39, 0.29) is 12.2 Å². The largest absolute Gasteiger partial charge is 0.461 e. The van der Waals surface area contributed by atoms with Crippen LogP contribution in [-0.4, -0.2) is 25.8 Å². The van der Waals surface area contributed by atoms with Crippen LogP contribution in [0.2, 0.25) is 0 Å². The molecule has 0 radical (unpaired) electrons. The molecule has 21 heavy (non-hydrogen) atoms. The minimum Gasteiger partial charge on any atom is -0.461 e. The molecule has 1 aliphatic carbocycles. The highest BCUT2D eigenvalue weighted by molar-refractivity contribution is 5.97. The van der Waals surface area contributed by atoms with Crippen LogP contribution in [0.1, 0.15) is 37.7 Å². The molecule has 0 amide bonds. The molecule has 112 valence electrons. The second-order valence-electron chi connectivity index (χ2n) is 5.40. The lowest BCUT2D eigenvalue weighted by molar-refractivity contribution is -0.145. The van der Waals surface area contributed by atoms with Crippen LogP contribution in [0.5, 0.6) is 0 Å². The molecule has 1 aliphatic rings. The number of ether oxygens (including phenoxy) is 2. The van der Waals surface area contributed by atoms with Gasteiger partial charge in [-0.05, 0) is 31.4 Å². The van der Waals surface area contributed by atoms with Crippen molar-refractivity contribution in [3.63, 3.8) is 0 Å². The molecular weight excluding hydrogens is 270 g/mol. The molecule has 0 saturated heterocycles. The first-order chi connectivity index (χ1) is 10.0. The Morgan fingerprint density at radius 2 is 2.33 bits per heavy atom. The van der Waals surface area contributed by atoms with Crippen molar-refractivity contribution in [3.8, 4) is 6.07 Å². The number of nitrogens with zero attached hydrogens (tertiary/aromatic N) is 1. The Labute approximate surface area is 124 Å². The van der Waals surface area contributed by atoms with Gasteiger partial charge in [0.2, 0.25) is 0 Å². The summed E-state index contributed by atoms with van der Waals surface area (Å²) in [4.78, 5) is 11.9. The molecule has 1 saturated carbocycles. The van der Waals surface area contributed by atoms with Gasteiger partial charge >= 0.3 is 5.97 Å². The first-order valence-electron chi connectivity index (χ1n) is 6.96. The van der Waals surface area contributed by atoms with Gasteiger partial charge in [0, 0.05) is 19.1 Å². The number of esters is 1. The monoisotopic (exact) mass is 289 g/mol. The predicted molar refractivity (Wildman–Crippen MR) is 76.3 cm³/mol. The topological polar surface area (TPSA) is 72.5 Å². The average molecular weight is 289 g/mol. The zero-order valence-corrected chi connectivity index (χ0v) is 12.5. The van der Waals surface area contributed by atoms with Gasteiger partial charge in [0.1, 0.15) is 29.3 Å². The van der Waals surface area contributed by atoms with Crippen molar-refractivity contribution >= 4 is 12.0 Å². The Balaban J connectivity index is 2.04. The molecule has 0 bridgehead atoms. The summed E-state index contributed by atoms with van der Waals surface area (Å²) in [6.07, 6.45) is 2.13. The molecule has 5 heteroatoms. The Morgan fingerprint density at radius 3 is 2.90 bits per heavy atom. The van der Waals surface area contributed by atoms with Gasteiger partial charge in [-0.2, -0.15) is 5.26 Å². The van der Waals surface area contributed by atoms with Gasteiger partial charge < -0.3 is 13.9 Å². The third kappa shape index (κ3) is 3.96.